The van der Waals surface area contributed by atoms with Crippen molar-refractivity contribution in [2.24, 2.45) is 0 Å². The van der Waals surface area contributed by atoms with Crippen LogP contribution in [0.4, 0.5) is 0 Å². The van der Waals surface area contributed by atoms with Crippen molar-refractivity contribution in [1.82, 2.24) is 5.32 Å². The van der Waals surface area contributed by atoms with Gasteiger partial charge in [-0.25, -0.2) is 0 Å². The Kier molecular flexibility index (Phi) is 5.76. The van der Waals surface area contributed by atoms with Gasteiger partial charge in [-0.15, -0.1) is 0 Å². The van der Waals surface area contributed by atoms with Crippen molar-refractivity contribution < 1.29 is 5.11 Å². The highest BCUT2D eigenvalue weighted by Crippen LogP contribution is 2.29. The third kappa shape index (κ3) is 5.28. The van der Waals surface area contributed by atoms with Crippen LogP contribution in [-0.2, 0) is 0 Å². The average molecular weight is 296 g/mol. The smallest absolute Gasteiger partial charge is 0.108 e. The molecule has 0 fully saturated rings. The molecule has 2 N–H and O–H groups in total. The molecule has 2 aromatic carbocycles. The lowest BCUT2D eigenvalue weighted by atomic mass is 9.87. The van der Waals surface area contributed by atoms with Crippen LogP contribution < -0.4 is 5.32 Å². The molecule has 0 spiro atoms. The zero-order chi connectivity index (χ0) is 16.0. The molecule has 0 aromatic heterocycles. The van der Waals surface area contributed by atoms with E-state index in [9.17, 15) is 5.11 Å². The van der Waals surface area contributed by atoms with Gasteiger partial charge in [0.05, 0.1) is 0 Å². The molecule has 117 valence electrons. The molecule has 0 saturated heterocycles. The molecule has 1 radical (unpaired) electrons. The monoisotopic (exact) mass is 296 g/mol. The van der Waals surface area contributed by atoms with Crippen LogP contribution in [0.5, 0.6) is 0 Å². The Hall–Kier alpha value is -1.64. The molecule has 0 amide bonds. The van der Waals surface area contributed by atoms with Crippen LogP contribution in [0.25, 0.3) is 0 Å². The molecule has 0 saturated carbocycles. The van der Waals surface area contributed by atoms with Gasteiger partial charge < -0.3 is 5.11 Å². The topological polar surface area (TPSA) is 32.3 Å². The van der Waals surface area contributed by atoms with Crippen molar-refractivity contribution in [2.75, 3.05) is 0 Å². The molecule has 1 atom stereocenters. The minimum absolute atomic E-state index is 0.106. The minimum Gasteiger partial charge on any atom is -0.378 e. The van der Waals surface area contributed by atoms with Gasteiger partial charge in [-0.05, 0) is 38.3 Å². The Morgan fingerprint density at radius 1 is 0.909 bits per heavy atom. The van der Waals surface area contributed by atoms with Gasteiger partial charge in [0, 0.05) is 17.9 Å². The summed E-state index contributed by atoms with van der Waals surface area (Å²) in [6.45, 7) is 6.15. The first kappa shape index (κ1) is 16.7. The Morgan fingerprint density at radius 3 is 1.77 bits per heavy atom. The third-order valence-electron chi connectivity index (χ3n) is 3.58. The maximum Gasteiger partial charge on any atom is 0.108 e. The second-order valence-corrected chi connectivity index (χ2v) is 6.68. The number of aliphatic hydroxyl groups excluding tert-OH is 1. The molecule has 0 heterocycles. The molecule has 0 aliphatic rings. The molecule has 22 heavy (non-hydrogen) atoms. The van der Waals surface area contributed by atoms with Gasteiger partial charge in [0.15, 0.2) is 0 Å². The number of hydrogen-bond acceptors (Lipinski definition) is 2. The summed E-state index contributed by atoms with van der Waals surface area (Å²) in [7, 11) is 0. The Balaban J connectivity index is 2.10. The lowest BCUT2D eigenvalue weighted by Crippen LogP contribution is -2.43. The van der Waals surface area contributed by atoms with Gasteiger partial charge in [-0.3, -0.25) is 5.32 Å². The summed E-state index contributed by atoms with van der Waals surface area (Å²) >= 11 is 0. The summed E-state index contributed by atoms with van der Waals surface area (Å²) in [6.07, 6.45) is 2.14. The van der Waals surface area contributed by atoms with Crippen LogP contribution in [0.2, 0.25) is 0 Å². The fraction of sp³-hybridized carbons (Fsp3) is 0.350. The second-order valence-electron chi connectivity index (χ2n) is 6.68. The summed E-state index contributed by atoms with van der Waals surface area (Å²) in [5.74, 6) is 0.263. The summed E-state index contributed by atoms with van der Waals surface area (Å²) in [4.78, 5) is 0. The summed E-state index contributed by atoms with van der Waals surface area (Å²) in [5.41, 5.74) is 2.44. The largest absolute Gasteiger partial charge is 0.378 e. The van der Waals surface area contributed by atoms with Gasteiger partial charge >= 0.3 is 0 Å². The fourth-order valence-corrected chi connectivity index (χ4v) is 2.60. The molecule has 0 unspecified atom stereocenters. The summed E-state index contributed by atoms with van der Waals surface area (Å²) in [5, 5.41) is 13.3. The lowest BCUT2D eigenvalue weighted by Gasteiger charge is -2.26. The fourth-order valence-electron chi connectivity index (χ4n) is 2.60. The maximum absolute atomic E-state index is 10.2. The highest BCUT2D eigenvalue weighted by atomic mass is 16.3. The summed E-state index contributed by atoms with van der Waals surface area (Å²) in [6, 6.07) is 20.9. The molecule has 0 aliphatic heterocycles. The van der Waals surface area contributed by atoms with Gasteiger partial charge in [0.1, 0.15) is 6.23 Å². The number of benzene rings is 2. The number of rotatable bonds is 6. The van der Waals surface area contributed by atoms with E-state index in [1.165, 1.54) is 11.1 Å². The van der Waals surface area contributed by atoms with Crippen molar-refractivity contribution in [3.8, 4) is 0 Å². The highest BCUT2D eigenvalue weighted by Gasteiger charge is 2.19. The molecule has 0 bridgehead atoms. The van der Waals surface area contributed by atoms with Crippen molar-refractivity contribution in [3.63, 3.8) is 0 Å². The van der Waals surface area contributed by atoms with Crippen LogP contribution in [0.15, 0.2) is 60.7 Å². The standard InChI is InChI=1S/C20H26NO/c1-20(2,3)21-19(22)15-14-18(16-10-6-4-7-11-16)17-12-8-5-9-13-17/h4-13,15,18-19,21-22H,14H2,1-3H3/t19-/m1/s1. The first-order chi connectivity index (χ1) is 10.5. The minimum atomic E-state index is -0.602. The van der Waals surface area contributed by atoms with Crippen LogP contribution in [-0.4, -0.2) is 16.9 Å². The van der Waals surface area contributed by atoms with Gasteiger partial charge in [0.25, 0.3) is 0 Å². The molecular weight excluding hydrogens is 270 g/mol. The van der Waals surface area contributed by atoms with E-state index in [0.717, 1.165) is 6.42 Å². The van der Waals surface area contributed by atoms with Crippen LogP contribution in [0, 0.1) is 6.42 Å². The third-order valence-corrected chi connectivity index (χ3v) is 3.58. The quantitative estimate of drug-likeness (QED) is 0.786. The van der Waals surface area contributed by atoms with Gasteiger partial charge in [-0.1, -0.05) is 60.7 Å². The molecular formula is C20H26NO. The first-order valence-electron chi connectivity index (χ1n) is 7.85. The van der Waals surface area contributed by atoms with Crippen LogP contribution in [0.1, 0.15) is 44.2 Å². The van der Waals surface area contributed by atoms with Gasteiger partial charge in [-0.2, -0.15) is 0 Å². The van der Waals surface area contributed by atoms with E-state index in [-0.39, 0.29) is 11.5 Å². The first-order valence-corrected chi connectivity index (χ1v) is 7.85. The van der Waals surface area contributed by atoms with Crippen molar-refractivity contribution in [2.45, 2.75) is 44.9 Å². The van der Waals surface area contributed by atoms with E-state index in [1.54, 1.807) is 0 Å². The zero-order valence-electron chi connectivity index (χ0n) is 13.7. The Labute approximate surface area is 134 Å². The van der Waals surface area contributed by atoms with Crippen LogP contribution in [0.3, 0.4) is 0 Å². The second kappa shape index (κ2) is 7.57. The number of nitrogens with one attached hydrogen (secondary N) is 1. The van der Waals surface area contributed by atoms with E-state index < -0.39 is 6.23 Å². The molecule has 2 heteroatoms. The van der Waals surface area contributed by atoms with Crippen LogP contribution >= 0.6 is 0 Å². The predicted molar refractivity (Wildman–Crippen MR) is 92.5 cm³/mol. The Bertz CT molecular complexity index is 505. The van der Waals surface area contributed by atoms with E-state index >= 15 is 0 Å². The van der Waals surface area contributed by atoms with E-state index in [1.807, 2.05) is 18.6 Å². The van der Waals surface area contributed by atoms with Crippen molar-refractivity contribution in [1.29, 1.82) is 0 Å². The maximum atomic E-state index is 10.2. The molecule has 2 nitrogen and oxygen atoms in total. The van der Waals surface area contributed by atoms with Crippen molar-refractivity contribution in [3.05, 3.63) is 78.2 Å². The van der Waals surface area contributed by atoms with Gasteiger partial charge in [0.2, 0.25) is 0 Å². The predicted octanol–water partition coefficient (Wildman–Crippen LogP) is 4.12. The van der Waals surface area contributed by atoms with E-state index in [0.29, 0.717) is 0 Å². The zero-order valence-corrected chi connectivity index (χ0v) is 13.7. The van der Waals surface area contributed by atoms with Crippen molar-refractivity contribution >= 4 is 0 Å². The molecule has 2 aromatic rings. The van der Waals surface area contributed by atoms with E-state index in [4.69, 9.17) is 0 Å². The number of hydrogen-bond donors (Lipinski definition) is 2. The molecule has 0 aliphatic carbocycles. The highest BCUT2D eigenvalue weighted by molar-refractivity contribution is 5.32. The SMILES string of the molecule is CC(C)(C)N[C@H](O)[CH]CC(c1ccccc1)c1ccccc1. The van der Waals surface area contributed by atoms with E-state index in [2.05, 4.69) is 74.6 Å². The lowest BCUT2D eigenvalue weighted by molar-refractivity contribution is 0.130. The average Bonchev–Trinajstić information content (AvgIpc) is 2.48. The molecule has 2 rings (SSSR count). The summed E-state index contributed by atoms with van der Waals surface area (Å²) < 4.78 is 0. The normalized spacial score (nSPS) is 13.3. The number of aliphatic hydroxyl groups is 1. The Morgan fingerprint density at radius 2 is 1.36 bits per heavy atom.